The molecule has 1 heterocycles. The molecule has 1 atom stereocenters. The zero-order valence-corrected chi connectivity index (χ0v) is 11.2. The van der Waals surface area contributed by atoms with Gasteiger partial charge in [-0.05, 0) is 43.5 Å². The lowest BCUT2D eigenvalue weighted by Crippen LogP contribution is -2.23. The molecule has 18 heavy (non-hydrogen) atoms. The van der Waals surface area contributed by atoms with Gasteiger partial charge in [0.1, 0.15) is 0 Å². The van der Waals surface area contributed by atoms with Crippen LogP contribution in [0.3, 0.4) is 0 Å². The highest BCUT2D eigenvalue weighted by Crippen LogP contribution is 2.16. The van der Waals surface area contributed by atoms with E-state index in [1.54, 1.807) is 0 Å². The molecule has 0 spiro atoms. The summed E-state index contributed by atoms with van der Waals surface area (Å²) in [6.45, 7) is 2.66. The molecule has 98 valence electrons. The smallest absolute Gasteiger partial charge is 0.220 e. The van der Waals surface area contributed by atoms with Gasteiger partial charge in [-0.25, -0.2) is 0 Å². The third-order valence-electron chi connectivity index (χ3n) is 3.38. The van der Waals surface area contributed by atoms with E-state index in [9.17, 15) is 4.79 Å². The Hall–Kier alpha value is -1.06. The maximum absolute atomic E-state index is 11.7. The lowest BCUT2D eigenvalue weighted by Gasteiger charge is -2.09. The Kier molecular flexibility index (Phi) is 5.02. The van der Waals surface area contributed by atoms with Crippen LogP contribution >= 0.6 is 11.6 Å². The number of halogens is 1. The summed E-state index contributed by atoms with van der Waals surface area (Å²) in [4.78, 5) is 11.7. The van der Waals surface area contributed by atoms with Crippen LogP contribution in [0.5, 0.6) is 0 Å². The second-order valence-corrected chi connectivity index (χ2v) is 5.17. The molecule has 2 rings (SSSR count). The minimum absolute atomic E-state index is 0.113. The standard InChI is InChI=1S/C14H19ClN2O/c15-13-4-2-1-3-12(13)10-17-14(18)6-5-11-7-8-16-9-11/h1-4,11,16H,5-10H2,(H,17,18). The SMILES string of the molecule is O=C(CCC1CCNC1)NCc1ccccc1Cl. The predicted octanol–water partition coefficient (Wildman–Crippen LogP) is 2.35. The van der Waals surface area contributed by atoms with Gasteiger partial charge in [0, 0.05) is 18.0 Å². The zero-order chi connectivity index (χ0) is 12.8. The Morgan fingerprint density at radius 1 is 1.44 bits per heavy atom. The fourth-order valence-electron chi connectivity index (χ4n) is 2.22. The highest BCUT2D eigenvalue weighted by Gasteiger charge is 2.15. The predicted molar refractivity (Wildman–Crippen MR) is 73.5 cm³/mol. The second-order valence-electron chi connectivity index (χ2n) is 4.77. The molecule has 1 amide bonds. The summed E-state index contributed by atoms with van der Waals surface area (Å²) in [6, 6.07) is 7.59. The molecule has 0 radical (unpaired) electrons. The van der Waals surface area contributed by atoms with Crippen LogP contribution in [-0.4, -0.2) is 19.0 Å². The number of carbonyl (C=O) groups excluding carboxylic acids is 1. The van der Waals surface area contributed by atoms with E-state index in [1.807, 2.05) is 24.3 Å². The molecule has 3 nitrogen and oxygen atoms in total. The third-order valence-corrected chi connectivity index (χ3v) is 3.74. The topological polar surface area (TPSA) is 41.1 Å². The Balaban J connectivity index is 1.69. The highest BCUT2D eigenvalue weighted by atomic mass is 35.5. The van der Waals surface area contributed by atoms with E-state index in [2.05, 4.69) is 10.6 Å². The number of hydrogen-bond donors (Lipinski definition) is 2. The Morgan fingerprint density at radius 2 is 2.28 bits per heavy atom. The number of benzene rings is 1. The number of amides is 1. The molecule has 4 heteroatoms. The summed E-state index contributed by atoms with van der Waals surface area (Å²) in [5.74, 6) is 0.776. The van der Waals surface area contributed by atoms with Gasteiger partial charge in [0.2, 0.25) is 5.91 Å². The first kappa shape index (κ1) is 13.4. The van der Waals surface area contributed by atoms with E-state index in [4.69, 9.17) is 11.6 Å². The quantitative estimate of drug-likeness (QED) is 0.859. The van der Waals surface area contributed by atoms with Crippen LogP contribution in [0.2, 0.25) is 5.02 Å². The van der Waals surface area contributed by atoms with Gasteiger partial charge in [0.15, 0.2) is 0 Å². The summed E-state index contributed by atoms with van der Waals surface area (Å²) >= 11 is 6.03. The number of rotatable bonds is 5. The van der Waals surface area contributed by atoms with Crippen LogP contribution < -0.4 is 10.6 Å². The van der Waals surface area contributed by atoms with E-state index in [0.717, 1.165) is 25.1 Å². The summed E-state index contributed by atoms with van der Waals surface area (Å²) < 4.78 is 0. The number of hydrogen-bond acceptors (Lipinski definition) is 2. The van der Waals surface area contributed by atoms with Crippen LogP contribution in [-0.2, 0) is 11.3 Å². The van der Waals surface area contributed by atoms with Crippen molar-refractivity contribution < 1.29 is 4.79 Å². The van der Waals surface area contributed by atoms with E-state index in [0.29, 0.717) is 23.9 Å². The monoisotopic (exact) mass is 266 g/mol. The van der Waals surface area contributed by atoms with Crippen LogP contribution in [0, 0.1) is 5.92 Å². The minimum atomic E-state index is 0.113. The molecule has 1 saturated heterocycles. The van der Waals surface area contributed by atoms with E-state index >= 15 is 0 Å². The van der Waals surface area contributed by atoms with E-state index in [1.165, 1.54) is 6.42 Å². The van der Waals surface area contributed by atoms with Gasteiger partial charge in [0.25, 0.3) is 0 Å². The van der Waals surface area contributed by atoms with Crippen molar-refractivity contribution in [2.45, 2.75) is 25.8 Å². The van der Waals surface area contributed by atoms with Crippen molar-refractivity contribution in [2.24, 2.45) is 5.92 Å². The van der Waals surface area contributed by atoms with Gasteiger partial charge in [-0.3, -0.25) is 4.79 Å². The van der Waals surface area contributed by atoms with Crippen molar-refractivity contribution >= 4 is 17.5 Å². The molecule has 1 fully saturated rings. The Bertz CT molecular complexity index is 403. The molecular weight excluding hydrogens is 248 g/mol. The van der Waals surface area contributed by atoms with E-state index < -0.39 is 0 Å². The summed E-state index contributed by atoms with van der Waals surface area (Å²) in [5, 5.41) is 6.94. The molecule has 2 N–H and O–H groups in total. The van der Waals surface area contributed by atoms with Crippen LogP contribution in [0.25, 0.3) is 0 Å². The van der Waals surface area contributed by atoms with Gasteiger partial charge in [-0.15, -0.1) is 0 Å². The highest BCUT2D eigenvalue weighted by molar-refractivity contribution is 6.31. The molecule has 0 bridgehead atoms. The van der Waals surface area contributed by atoms with Crippen LogP contribution in [0.4, 0.5) is 0 Å². The van der Waals surface area contributed by atoms with Crippen molar-refractivity contribution in [3.63, 3.8) is 0 Å². The lowest BCUT2D eigenvalue weighted by atomic mass is 10.0. The summed E-state index contributed by atoms with van der Waals surface area (Å²) in [7, 11) is 0. The molecule has 0 saturated carbocycles. The maximum atomic E-state index is 11.7. The third kappa shape index (κ3) is 4.00. The molecule has 1 aromatic carbocycles. The first-order valence-corrected chi connectivity index (χ1v) is 6.84. The first-order valence-electron chi connectivity index (χ1n) is 6.46. The number of carbonyl (C=O) groups is 1. The fourth-order valence-corrected chi connectivity index (χ4v) is 2.42. The van der Waals surface area contributed by atoms with Crippen LogP contribution in [0.1, 0.15) is 24.8 Å². The molecule has 1 unspecified atom stereocenters. The van der Waals surface area contributed by atoms with Gasteiger partial charge < -0.3 is 10.6 Å². The van der Waals surface area contributed by atoms with Crippen molar-refractivity contribution in [2.75, 3.05) is 13.1 Å². The molecular formula is C14H19ClN2O. The lowest BCUT2D eigenvalue weighted by molar-refractivity contribution is -0.121. The molecule has 1 aliphatic rings. The normalized spacial score (nSPS) is 18.8. The molecule has 1 aliphatic heterocycles. The van der Waals surface area contributed by atoms with Crippen molar-refractivity contribution in [1.82, 2.24) is 10.6 Å². The average Bonchev–Trinajstić information content (AvgIpc) is 2.88. The van der Waals surface area contributed by atoms with Gasteiger partial charge in [0.05, 0.1) is 0 Å². The van der Waals surface area contributed by atoms with Gasteiger partial charge in [-0.2, -0.15) is 0 Å². The summed E-state index contributed by atoms with van der Waals surface area (Å²) in [6.07, 6.45) is 2.77. The first-order chi connectivity index (χ1) is 8.75. The average molecular weight is 267 g/mol. The van der Waals surface area contributed by atoms with Crippen molar-refractivity contribution in [3.8, 4) is 0 Å². The molecule has 0 aliphatic carbocycles. The van der Waals surface area contributed by atoms with Gasteiger partial charge >= 0.3 is 0 Å². The Morgan fingerprint density at radius 3 is 3.00 bits per heavy atom. The number of nitrogens with one attached hydrogen (secondary N) is 2. The molecule has 1 aromatic rings. The second kappa shape index (κ2) is 6.76. The van der Waals surface area contributed by atoms with Crippen molar-refractivity contribution in [1.29, 1.82) is 0 Å². The van der Waals surface area contributed by atoms with Crippen LogP contribution in [0.15, 0.2) is 24.3 Å². The molecule has 0 aromatic heterocycles. The zero-order valence-electron chi connectivity index (χ0n) is 10.4. The fraction of sp³-hybridized carbons (Fsp3) is 0.500. The van der Waals surface area contributed by atoms with Gasteiger partial charge in [-0.1, -0.05) is 29.8 Å². The Labute approximate surface area is 113 Å². The minimum Gasteiger partial charge on any atom is -0.352 e. The maximum Gasteiger partial charge on any atom is 0.220 e. The van der Waals surface area contributed by atoms with Crippen molar-refractivity contribution in [3.05, 3.63) is 34.9 Å². The largest absolute Gasteiger partial charge is 0.352 e. The van der Waals surface area contributed by atoms with E-state index in [-0.39, 0.29) is 5.91 Å². The summed E-state index contributed by atoms with van der Waals surface area (Å²) in [5.41, 5.74) is 0.968.